The van der Waals surface area contributed by atoms with Crippen molar-refractivity contribution < 1.29 is 0 Å². The minimum atomic E-state index is 0.000948. The monoisotopic (exact) mass is 344 g/mol. The summed E-state index contributed by atoms with van der Waals surface area (Å²) in [6.07, 6.45) is 5.60. The lowest BCUT2D eigenvalue weighted by atomic mass is 9.96. The fraction of sp³-hybridized carbons (Fsp3) is 0.0455. The van der Waals surface area contributed by atoms with Crippen molar-refractivity contribution in [3.05, 3.63) is 114 Å². The van der Waals surface area contributed by atoms with E-state index >= 15 is 0 Å². The highest BCUT2D eigenvalue weighted by Gasteiger charge is 2.18. The molecule has 0 fully saturated rings. The molecule has 1 aromatic heterocycles. The molecule has 0 N–H and O–H groups in total. The third-order valence-corrected chi connectivity index (χ3v) is 4.70. The van der Waals surface area contributed by atoms with Gasteiger partial charge in [-0.05, 0) is 28.3 Å². The first kappa shape index (κ1) is 15.7. The molecule has 122 valence electrons. The SMILES string of the molecule is Clc1ccccc1C(c1ccc(-c2ccccc2)cc1)n1ccnc1. The third kappa shape index (κ3) is 3.21. The highest BCUT2D eigenvalue weighted by atomic mass is 35.5. The molecule has 4 aromatic rings. The highest BCUT2D eigenvalue weighted by Crippen LogP contribution is 2.32. The predicted molar refractivity (Wildman–Crippen MR) is 103 cm³/mol. The standard InChI is InChI=1S/C22H17ClN2/c23-21-9-5-4-8-20(21)22(25-15-14-24-16-25)19-12-10-18(11-13-19)17-6-2-1-3-7-17/h1-16,22H. The van der Waals surface area contributed by atoms with Gasteiger partial charge in [-0.25, -0.2) is 4.98 Å². The van der Waals surface area contributed by atoms with Crippen molar-refractivity contribution in [3.63, 3.8) is 0 Å². The summed E-state index contributed by atoms with van der Waals surface area (Å²) in [5.41, 5.74) is 4.65. The maximum Gasteiger partial charge on any atom is 0.0954 e. The van der Waals surface area contributed by atoms with Crippen LogP contribution in [0.1, 0.15) is 17.2 Å². The van der Waals surface area contributed by atoms with E-state index in [1.165, 1.54) is 16.7 Å². The van der Waals surface area contributed by atoms with E-state index in [-0.39, 0.29) is 6.04 Å². The Kier molecular flexibility index (Phi) is 4.36. The summed E-state index contributed by atoms with van der Waals surface area (Å²) in [4.78, 5) is 4.21. The van der Waals surface area contributed by atoms with Gasteiger partial charge in [-0.15, -0.1) is 0 Å². The van der Waals surface area contributed by atoms with Crippen LogP contribution in [0.15, 0.2) is 97.6 Å². The molecule has 0 aliphatic carbocycles. The minimum absolute atomic E-state index is 0.000948. The van der Waals surface area contributed by atoms with Gasteiger partial charge in [0.15, 0.2) is 0 Å². The molecule has 25 heavy (non-hydrogen) atoms. The zero-order valence-corrected chi connectivity index (χ0v) is 14.3. The summed E-state index contributed by atoms with van der Waals surface area (Å²) in [5, 5.41) is 0.758. The largest absolute Gasteiger partial charge is 0.326 e. The smallest absolute Gasteiger partial charge is 0.0954 e. The molecule has 0 radical (unpaired) electrons. The lowest BCUT2D eigenvalue weighted by molar-refractivity contribution is 0.677. The van der Waals surface area contributed by atoms with Crippen LogP contribution in [0.4, 0.5) is 0 Å². The molecule has 0 saturated carbocycles. The Morgan fingerprint density at radius 3 is 2.12 bits per heavy atom. The van der Waals surface area contributed by atoms with Crippen molar-refractivity contribution in [2.24, 2.45) is 0 Å². The number of aromatic nitrogens is 2. The van der Waals surface area contributed by atoms with E-state index in [4.69, 9.17) is 11.6 Å². The van der Waals surface area contributed by atoms with E-state index in [1.54, 1.807) is 6.20 Å². The Hall–Kier alpha value is -2.84. The number of imidazole rings is 1. The van der Waals surface area contributed by atoms with E-state index in [9.17, 15) is 0 Å². The topological polar surface area (TPSA) is 17.8 Å². The Morgan fingerprint density at radius 2 is 1.44 bits per heavy atom. The van der Waals surface area contributed by atoms with Gasteiger partial charge in [-0.2, -0.15) is 0 Å². The molecule has 0 aliphatic rings. The molecule has 0 bridgehead atoms. The predicted octanol–water partition coefficient (Wildman–Crippen LogP) is 5.84. The number of hydrogen-bond acceptors (Lipinski definition) is 1. The van der Waals surface area contributed by atoms with Crippen LogP contribution in [-0.4, -0.2) is 9.55 Å². The zero-order valence-electron chi connectivity index (χ0n) is 13.6. The van der Waals surface area contributed by atoms with Crippen molar-refractivity contribution in [1.82, 2.24) is 9.55 Å². The van der Waals surface area contributed by atoms with Crippen molar-refractivity contribution in [2.75, 3.05) is 0 Å². The molecule has 0 amide bonds. The van der Waals surface area contributed by atoms with Crippen LogP contribution in [0.2, 0.25) is 5.02 Å². The molecule has 0 aliphatic heterocycles. The Bertz CT molecular complexity index is 945. The van der Waals surface area contributed by atoms with Gasteiger partial charge in [0.05, 0.1) is 12.4 Å². The van der Waals surface area contributed by atoms with Crippen molar-refractivity contribution in [3.8, 4) is 11.1 Å². The van der Waals surface area contributed by atoms with Crippen LogP contribution in [0.5, 0.6) is 0 Å². The van der Waals surface area contributed by atoms with E-state index in [0.29, 0.717) is 0 Å². The Morgan fingerprint density at radius 1 is 0.760 bits per heavy atom. The lowest BCUT2D eigenvalue weighted by Crippen LogP contribution is -2.11. The molecular weight excluding hydrogens is 328 g/mol. The fourth-order valence-corrected chi connectivity index (χ4v) is 3.36. The van der Waals surface area contributed by atoms with Gasteiger partial charge in [-0.3, -0.25) is 0 Å². The first-order valence-electron chi connectivity index (χ1n) is 8.20. The Labute approximate surface area is 152 Å². The number of halogens is 1. The van der Waals surface area contributed by atoms with Crippen LogP contribution in [0.25, 0.3) is 11.1 Å². The van der Waals surface area contributed by atoms with E-state index in [2.05, 4.69) is 64.1 Å². The van der Waals surface area contributed by atoms with E-state index in [0.717, 1.165) is 10.6 Å². The highest BCUT2D eigenvalue weighted by molar-refractivity contribution is 6.31. The molecule has 3 aromatic carbocycles. The van der Waals surface area contributed by atoms with Crippen LogP contribution < -0.4 is 0 Å². The summed E-state index contributed by atoms with van der Waals surface area (Å²) in [5.74, 6) is 0. The first-order chi connectivity index (χ1) is 12.3. The minimum Gasteiger partial charge on any atom is -0.326 e. The average Bonchev–Trinajstić information content (AvgIpc) is 3.19. The summed E-state index contributed by atoms with van der Waals surface area (Å²) < 4.78 is 2.08. The van der Waals surface area contributed by atoms with Gasteiger partial charge < -0.3 is 4.57 Å². The molecule has 1 atom stereocenters. The van der Waals surface area contributed by atoms with Crippen molar-refractivity contribution >= 4 is 11.6 Å². The molecule has 4 rings (SSSR count). The van der Waals surface area contributed by atoms with E-state index in [1.807, 2.05) is 36.8 Å². The second-order valence-electron chi connectivity index (χ2n) is 5.92. The van der Waals surface area contributed by atoms with Crippen LogP contribution in [0.3, 0.4) is 0 Å². The molecule has 2 nitrogen and oxygen atoms in total. The molecule has 1 heterocycles. The van der Waals surface area contributed by atoms with Gasteiger partial charge in [0.25, 0.3) is 0 Å². The first-order valence-corrected chi connectivity index (χ1v) is 8.58. The second-order valence-corrected chi connectivity index (χ2v) is 6.33. The molecule has 3 heteroatoms. The zero-order chi connectivity index (χ0) is 17.1. The number of nitrogens with zero attached hydrogens (tertiary/aromatic N) is 2. The lowest BCUT2D eigenvalue weighted by Gasteiger charge is -2.21. The van der Waals surface area contributed by atoms with Crippen LogP contribution >= 0.6 is 11.6 Å². The second kappa shape index (κ2) is 6.96. The maximum atomic E-state index is 6.48. The number of rotatable bonds is 4. The molecule has 0 spiro atoms. The van der Waals surface area contributed by atoms with Gasteiger partial charge >= 0.3 is 0 Å². The van der Waals surface area contributed by atoms with Gasteiger partial charge in [0.2, 0.25) is 0 Å². The van der Waals surface area contributed by atoms with Gasteiger partial charge in [0, 0.05) is 17.4 Å². The van der Waals surface area contributed by atoms with Gasteiger partial charge in [0.1, 0.15) is 0 Å². The fourth-order valence-electron chi connectivity index (χ4n) is 3.12. The normalized spacial score (nSPS) is 12.0. The quantitative estimate of drug-likeness (QED) is 0.454. The summed E-state index contributed by atoms with van der Waals surface area (Å²) in [6, 6.07) is 27.0. The van der Waals surface area contributed by atoms with Crippen molar-refractivity contribution in [2.45, 2.75) is 6.04 Å². The van der Waals surface area contributed by atoms with Crippen LogP contribution in [-0.2, 0) is 0 Å². The number of hydrogen-bond donors (Lipinski definition) is 0. The summed E-state index contributed by atoms with van der Waals surface area (Å²) in [6.45, 7) is 0. The maximum absolute atomic E-state index is 6.48. The third-order valence-electron chi connectivity index (χ3n) is 4.36. The van der Waals surface area contributed by atoms with Crippen LogP contribution in [0, 0.1) is 0 Å². The van der Waals surface area contributed by atoms with Crippen molar-refractivity contribution in [1.29, 1.82) is 0 Å². The summed E-state index contributed by atoms with van der Waals surface area (Å²) >= 11 is 6.48. The summed E-state index contributed by atoms with van der Waals surface area (Å²) in [7, 11) is 0. The van der Waals surface area contributed by atoms with Gasteiger partial charge in [-0.1, -0.05) is 84.4 Å². The van der Waals surface area contributed by atoms with E-state index < -0.39 is 0 Å². The molecule has 1 unspecified atom stereocenters. The number of benzene rings is 3. The Balaban J connectivity index is 1.77. The molecule has 0 saturated heterocycles. The molecular formula is C22H17ClN2. The average molecular weight is 345 g/mol.